The molecular weight excluding hydrogens is 235 g/mol. The number of carbonyl (C=O) groups excluding carboxylic acids is 1. The Labute approximate surface area is 99.7 Å². The van der Waals surface area contributed by atoms with E-state index in [4.69, 9.17) is 0 Å². The van der Waals surface area contributed by atoms with Gasteiger partial charge in [0.25, 0.3) is 0 Å². The average Bonchev–Trinajstić information content (AvgIpc) is 2.24. The lowest BCUT2D eigenvalue weighted by Crippen LogP contribution is -2.30. The minimum absolute atomic E-state index is 0.0315. The van der Waals surface area contributed by atoms with Crippen LogP contribution >= 0.6 is 0 Å². The van der Waals surface area contributed by atoms with Gasteiger partial charge in [0.15, 0.2) is 0 Å². The largest absolute Gasteiger partial charge is 0.411 e. The molecule has 1 N–H and O–H groups in total. The smallest absolute Gasteiger partial charge is 0.372 e. The highest BCUT2D eigenvalue weighted by Crippen LogP contribution is 2.14. The molecule has 0 aliphatic heterocycles. The Morgan fingerprint density at radius 1 is 1.29 bits per heavy atom. The molecule has 102 valence electrons. The van der Waals surface area contributed by atoms with Crippen LogP contribution in [0.2, 0.25) is 0 Å². The number of amides is 1. The first-order valence-corrected chi connectivity index (χ1v) is 5.80. The monoisotopic (exact) mass is 255 g/mol. The molecule has 0 aliphatic carbocycles. The van der Waals surface area contributed by atoms with E-state index in [1.807, 2.05) is 13.8 Å². The van der Waals surface area contributed by atoms with Crippen LogP contribution in [0.1, 0.15) is 33.1 Å². The number of ether oxygens (including phenoxy) is 1. The number of hydrogen-bond donors (Lipinski definition) is 1. The lowest BCUT2D eigenvalue weighted by Gasteiger charge is -2.13. The van der Waals surface area contributed by atoms with Crippen molar-refractivity contribution in [3.05, 3.63) is 0 Å². The van der Waals surface area contributed by atoms with Crippen LogP contribution in [0.25, 0.3) is 0 Å². The van der Waals surface area contributed by atoms with E-state index in [0.717, 1.165) is 12.8 Å². The van der Waals surface area contributed by atoms with Crippen LogP contribution in [0.5, 0.6) is 0 Å². The Morgan fingerprint density at radius 3 is 2.35 bits per heavy atom. The van der Waals surface area contributed by atoms with E-state index in [-0.39, 0.29) is 18.9 Å². The number of rotatable bonds is 8. The summed E-state index contributed by atoms with van der Waals surface area (Å²) in [6.07, 6.45) is -2.41. The third-order valence-corrected chi connectivity index (χ3v) is 2.48. The minimum atomic E-state index is -4.33. The highest BCUT2D eigenvalue weighted by Gasteiger charge is 2.27. The van der Waals surface area contributed by atoms with Crippen molar-refractivity contribution in [2.45, 2.75) is 39.3 Å². The molecule has 6 heteroatoms. The third kappa shape index (κ3) is 10.1. The molecular formula is C11H20F3NO2. The fraction of sp³-hybridized carbons (Fsp3) is 0.909. The summed E-state index contributed by atoms with van der Waals surface area (Å²) in [5, 5.41) is 2.68. The maximum absolute atomic E-state index is 11.7. The number of alkyl halides is 3. The maximum atomic E-state index is 11.7. The summed E-state index contributed by atoms with van der Waals surface area (Å²) in [4.78, 5) is 11.2. The molecule has 0 aromatic rings. The van der Waals surface area contributed by atoms with Crippen LogP contribution in [0, 0.1) is 5.92 Å². The molecule has 1 amide bonds. The zero-order valence-corrected chi connectivity index (χ0v) is 10.3. The van der Waals surface area contributed by atoms with Crippen molar-refractivity contribution in [3.63, 3.8) is 0 Å². The Hall–Kier alpha value is -0.780. The van der Waals surface area contributed by atoms with Gasteiger partial charge in [0.05, 0.1) is 6.61 Å². The van der Waals surface area contributed by atoms with E-state index in [0.29, 0.717) is 12.5 Å². The zero-order valence-electron chi connectivity index (χ0n) is 10.3. The summed E-state index contributed by atoms with van der Waals surface area (Å²) < 4.78 is 39.4. The van der Waals surface area contributed by atoms with Gasteiger partial charge in [-0.05, 0) is 5.92 Å². The molecule has 0 fully saturated rings. The average molecular weight is 255 g/mol. The molecule has 0 unspecified atom stereocenters. The van der Waals surface area contributed by atoms with Gasteiger partial charge in [-0.15, -0.1) is 0 Å². The zero-order chi connectivity index (χ0) is 13.3. The van der Waals surface area contributed by atoms with E-state index in [9.17, 15) is 18.0 Å². The van der Waals surface area contributed by atoms with E-state index in [2.05, 4.69) is 10.1 Å². The summed E-state index contributed by atoms with van der Waals surface area (Å²) in [5.74, 6) is 0.161. The predicted octanol–water partition coefficient (Wildman–Crippen LogP) is 2.51. The fourth-order valence-electron chi connectivity index (χ4n) is 1.28. The lowest BCUT2D eigenvalue weighted by atomic mass is 10.0. The first-order valence-electron chi connectivity index (χ1n) is 5.80. The summed E-state index contributed by atoms with van der Waals surface area (Å²) in [6, 6.07) is 0. The van der Waals surface area contributed by atoms with Gasteiger partial charge in [0.2, 0.25) is 5.91 Å². The van der Waals surface area contributed by atoms with Crippen molar-refractivity contribution in [3.8, 4) is 0 Å². The summed E-state index contributed by atoms with van der Waals surface area (Å²) in [6.45, 7) is 3.14. The van der Waals surface area contributed by atoms with Crippen molar-refractivity contribution in [2.24, 2.45) is 5.92 Å². The molecule has 0 heterocycles. The minimum Gasteiger partial charge on any atom is -0.372 e. The molecule has 0 spiro atoms. The molecule has 0 aliphatic rings. The van der Waals surface area contributed by atoms with E-state index < -0.39 is 12.8 Å². The molecule has 0 rings (SSSR count). The van der Waals surface area contributed by atoms with E-state index in [1.165, 1.54) is 0 Å². The van der Waals surface area contributed by atoms with E-state index >= 15 is 0 Å². The summed E-state index contributed by atoms with van der Waals surface area (Å²) in [7, 11) is 0. The lowest BCUT2D eigenvalue weighted by molar-refractivity contribution is -0.174. The SMILES string of the molecule is CCC(CC)CNC(=O)CCOCC(F)(F)F. The Morgan fingerprint density at radius 2 is 1.88 bits per heavy atom. The fourth-order valence-corrected chi connectivity index (χ4v) is 1.28. The summed E-state index contributed by atoms with van der Waals surface area (Å²) >= 11 is 0. The second-order valence-electron chi connectivity index (χ2n) is 3.90. The van der Waals surface area contributed by atoms with Gasteiger partial charge in [-0.2, -0.15) is 13.2 Å². The Bertz CT molecular complexity index is 215. The van der Waals surface area contributed by atoms with Crippen molar-refractivity contribution < 1.29 is 22.7 Å². The first-order chi connectivity index (χ1) is 7.89. The van der Waals surface area contributed by atoms with Crippen molar-refractivity contribution in [2.75, 3.05) is 19.8 Å². The van der Waals surface area contributed by atoms with Crippen molar-refractivity contribution >= 4 is 5.91 Å². The molecule has 0 atom stereocenters. The second-order valence-corrected chi connectivity index (χ2v) is 3.90. The molecule has 0 saturated heterocycles. The van der Waals surface area contributed by atoms with E-state index in [1.54, 1.807) is 0 Å². The van der Waals surface area contributed by atoms with Crippen molar-refractivity contribution in [1.29, 1.82) is 0 Å². The standard InChI is InChI=1S/C11H20F3NO2/c1-3-9(4-2)7-15-10(16)5-6-17-8-11(12,13)14/h9H,3-8H2,1-2H3,(H,15,16). The highest BCUT2D eigenvalue weighted by atomic mass is 19.4. The van der Waals surface area contributed by atoms with Crippen molar-refractivity contribution in [1.82, 2.24) is 5.32 Å². The number of nitrogens with one attached hydrogen (secondary N) is 1. The number of hydrogen-bond acceptors (Lipinski definition) is 2. The number of carbonyl (C=O) groups is 1. The number of halogens is 3. The van der Waals surface area contributed by atoms with Crippen LogP contribution < -0.4 is 5.32 Å². The third-order valence-electron chi connectivity index (χ3n) is 2.48. The molecule has 0 aromatic heterocycles. The normalized spacial score (nSPS) is 11.9. The van der Waals surface area contributed by atoms with Gasteiger partial charge >= 0.3 is 6.18 Å². The van der Waals surface area contributed by atoms with Gasteiger partial charge in [-0.3, -0.25) is 4.79 Å². The topological polar surface area (TPSA) is 38.3 Å². The predicted molar refractivity (Wildman–Crippen MR) is 58.6 cm³/mol. The molecule has 0 bridgehead atoms. The van der Waals surface area contributed by atoms with Gasteiger partial charge in [-0.1, -0.05) is 26.7 Å². The quantitative estimate of drug-likeness (QED) is 0.677. The van der Waals surface area contributed by atoms with Crippen LogP contribution in [0.3, 0.4) is 0 Å². The van der Waals surface area contributed by atoms with Gasteiger partial charge in [0.1, 0.15) is 6.61 Å². The Kier molecular flexibility index (Phi) is 7.95. The van der Waals surface area contributed by atoms with Crippen LogP contribution in [0.15, 0.2) is 0 Å². The second kappa shape index (κ2) is 8.33. The molecule has 0 saturated carbocycles. The first kappa shape index (κ1) is 16.2. The molecule has 0 radical (unpaired) electrons. The van der Waals surface area contributed by atoms with Gasteiger partial charge < -0.3 is 10.1 Å². The van der Waals surface area contributed by atoms with Crippen LogP contribution in [0.4, 0.5) is 13.2 Å². The molecule has 3 nitrogen and oxygen atoms in total. The molecule has 0 aromatic carbocycles. The van der Waals surface area contributed by atoms with Gasteiger partial charge in [0, 0.05) is 13.0 Å². The van der Waals surface area contributed by atoms with Crippen LogP contribution in [-0.2, 0) is 9.53 Å². The molecule has 17 heavy (non-hydrogen) atoms. The van der Waals surface area contributed by atoms with Crippen LogP contribution in [-0.4, -0.2) is 31.8 Å². The highest BCUT2D eigenvalue weighted by molar-refractivity contribution is 5.75. The maximum Gasteiger partial charge on any atom is 0.411 e. The Balaban J connectivity index is 3.53. The summed E-state index contributed by atoms with van der Waals surface area (Å²) in [5.41, 5.74) is 0. The van der Waals surface area contributed by atoms with Gasteiger partial charge in [-0.25, -0.2) is 0 Å².